The summed E-state index contributed by atoms with van der Waals surface area (Å²) in [6.07, 6.45) is -3.09. The van der Waals surface area contributed by atoms with Crippen molar-refractivity contribution in [3.63, 3.8) is 0 Å². The molecule has 6 nitrogen and oxygen atoms in total. The molecule has 22 heavy (non-hydrogen) atoms. The van der Waals surface area contributed by atoms with Gasteiger partial charge in [-0.2, -0.15) is 0 Å². The van der Waals surface area contributed by atoms with E-state index in [0.717, 1.165) is 5.52 Å². The number of rotatable bonds is 3. The third kappa shape index (κ3) is 2.56. The molecule has 3 N–H and O–H groups in total. The summed E-state index contributed by atoms with van der Waals surface area (Å²) in [5, 5.41) is 24.1. The molecule has 0 aliphatic carbocycles. The van der Waals surface area contributed by atoms with Crippen molar-refractivity contribution >= 4 is 28.6 Å². The minimum absolute atomic E-state index is 0.159. The Kier molecular flexibility index (Phi) is 4.03. The number of benzene rings is 1. The number of nitrogens with one attached hydrogen (secondary N) is 1. The second kappa shape index (κ2) is 5.70. The number of hydrogen-bond acceptors (Lipinski definition) is 5. The van der Waals surface area contributed by atoms with Gasteiger partial charge in [0, 0.05) is 11.1 Å². The molecule has 0 bridgehead atoms. The quantitative estimate of drug-likeness (QED) is 0.806. The van der Waals surface area contributed by atoms with Gasteiger partial charge >= 0.3 is 0 Å². The second-order valence-corrected chi connectivity index (χ2v) is 6.39. The molecule has 2 aromatic rings. The third-order valence-electron chi connectivity index (χ3n) is 3.80. The van der Waals surface area contributed by atoms with Gasteiger partial charge in [0.25, 0.3) is 0 Å². The molecule has 4 atom stereocenters. The van der Waals surface area contributed by atoms with Crippen molar-refractivity contribution < 1.29 is 14.9 Å². The van der Waals surface area contributed by atoms with Crippen LogP contribution in [0.4, 0.5) is 5.95 Å². The lowest BCUT2D eigenvalue weighted by Crippen LogP contribution is -2.31. The van der Waals surface area contributed by atoms with E-state index in [1.807, 2.05) is 19.9 Å². The number of fused-ring (bicyclic) bond motifs is 1. The zero-order valence-corrected chi connectivity index (χ0v) is 13.4. The highest BCUT2D eigenvalue weighted by Crippen LogP contribution is 2.35. The average molecular weight is 326 g/mol. The van der Waals surface area contributed by atoms with Gasteiger partial charge < -0.3 is 20.3 Å². The van der Waals surface area contributed by atoms with Crippen LogP contribution in [-0.4, -0.2) is 44.1 Å². The van der Waals surface area contributed by atoms with Crippen LogP contribution in [0.2, 0.25) is 5.02 Å². The molecule has 7 heteroatoms. The SMILES string of the molecule is CC(C)Nc1nc2cc(Cl)ccc2n1[C@@H]1O[C@H](C)[C@@H](O)[C@H]1O. The van der Waals surface area contributed by atoms with Crippen LogP contribution in [-0.2, 0) is 4.74 Å². The van der Waals surface area contributed by atoms with E-state index in [2.05, 4.69) is 10.3 Å². The molecule has 0 amide bonds. The fraction of sp³-hybridized carbons (Fsp3) is 0.533. The molecule has 1 aliphatic heterocycles. The first-order chi connectivity index (χ1) is 10.4. The van der Waals surface area contributed by atoms with Crippen molar-refractivity contribution in [3.8, 4) is 0 Å². The van der Waals surface area contributed by atoms with Crippen molar-refractivity contribution in [2.75, 3.05) is 5.32 Å². The molecule has 3 rings (SSSR count). The molecule has 1 fully saturated rings. The number of aromatic nitrogens is 2. The Morgan fingerprint density at radius 2 is 2.05 bits per heavy atom. The fourth-order valence-electron chi connectivity index (χ4n) is 2.73. The number of anilines is 1. The summed E-state index contributed by atoms with van der Waals surface area (Å²) in [6, 6.07) is 5.52. The van der Waals surface area contributed by atoms with Crippen molar-refractivity contribution in [2.45, 2.75) is 51.4 Å². The lowest BCUT2D eigenvalue weighted by atomic mass is 10.1. The van der Waals surface area contributed by atoms with Gasteiger partial charge in [0.1, 0.15) is 12.2 Å². The number of nitrogens with zero attached hydrogens (tertiary/aromatic N) is 2. The monoisotopic (exact) mass is 325 g/mol. The summed E-state index contributed by atoms with van der Waals surface area (Å²) in [6.45, 7) is 5.74. The average Bonchev–Trinajstić information content (AvgIpc) is 2.89. The Morgan fingerprint density at radius 3 is 2.64 bits per heavy atom. The first-order valence-corrected chi connectivity index (χ1v) is 7.72. The van der Waals surface area contributed by atoms with E-state index in [0.29, 0.717) is 16.5 Å². The van der Waals surface area contributed by atoms with Crippen LogP contribution in [0.15, 0.2) is 18.2 Å². The molecule has 1 aliphatic rings. The van der Waals surface area contributed by atoms with Crippen LogP contribution in [0.25, 0.3) is 11.0 Å². The molecule has 0 unspecified atom stereocenters. The highest BCUT2D eigenvalue weighted by Gasteiger charge is 2.42. The zero-order valence-electron chi connectivity index (χ0n) is 12.7. The maximum Gasteiger partial charge on any atom is 0.206 e. The van der Waals surface area contributed by atoms with E-state index >= 15 is 0 Å². The van der Waals surface area contributed by atoms with Gasteiger partial charge in [-0.05, 0) is 39.0 Å². The summed E-state index contributed by atoms with van der Waals surface area (Å²) in [5.41, 5.74) is 1.50. The largest absolute Gasteiger partial charge is 0.388 e. The van der Waals surface area contributed by atoms with E-state index in [9.17, 15) is 10.2 Å². The van der Waals surface area contributed by atoms with Crippen LogP contribution >= 0.6 is 11.6 Å². The Balaban J connectivity index is 2.13. The Labute approximate surface area is 133 Å². The first kappa shape index (κ1) is 15.6. The number of aliphatic hydroxyl groups is 2. The van der Waals surface area contributed by atoms with Crippen LogP contribution < -0.4 is 5.32 Å². The summed E-state index contributed by atoms with van der Waals surface area (Å²) >= 11 is 6.03. The number of halogens is 1. The molecule has 120 valence electrons. The Morgan fingerprint density at radius 1 is 1.32 bits per heavy atom. The van der Waals surface area contributed by atoms with Gasteiger partial charge in [-0.15, -0.1) is 0 Å². The Bertz CT molecular complexity index is 688. The molecule has 0 saturated carbocycles. The number of hydrogen-bond donors (Lipinski definition) is 3. The topological polar surface area (TPSA) is 79.5 Å². The van der Waals surface area contributed by atoms with Crippen LogP contribution in [0.1, 0.15) is 27.0 Å². The summed E-state index contributed by atoms with van der Waals surface area (Å²) in [7, 11) is 0. The van der Waals surface area contributed by atoms with Crippen molar-refractivity contribution in [1.82, 2.24) is 9.55 Å². The first-order valence-electron chi connectivity index (χ1n) is 7.34. The van der Waals surface area contributed by atoms with Crippen LogP contribution in [0.5, 0.6) is 0 Å². The van der Waals surface area contributed by atoms with E-state index in [-0.39, 0.29) is 6.04 Å². The summed E-state index contributed by atoms with van der Waals surface area (Å²) < 4.78 is 7.52. The molecule has 1 saturated heterocycles. The highest BCUT2D eigenvalue weighted by molar-refractivity contribution is 6.31. The fourth-order valence-corrected chi connectivity index (χ4v) is 2.90. The van der Waals surface area contributed by atoms with E-state index in [1.54, 1.807) is 23.6 Å². The second-order valence-electron chi connectivity index (χ2n) is 5.95. The molecule has 1 aromatic carbocycles. The van der Waals surface area contributed by atoms with Gasteiger partial charge in [0.05, 0.1) is 17.1 Å². The summed E-state index contributed by atoms with van der Waals surface area (Å²) in [5.74, 6) is 0.581. The molecule has 0 radical (unpaired) electrons. The van der Waals surface area contributed by atoms with Crippen LogP contribution in [0, 0.1) is 0 Å². The number of ether oxygens (including phenoxy) is 1. The lowest BCUT2D eigenvalue weighted by molar-refractivity contribution is -0.0284. The van der Waals surface area contributed by atoms with Crippen molar-refractivity contribution in [1.29, 1.82) is 0 Å². The minimum Gasteiger partial charge on any atom is -0.388 e. The smallest absolute Gasteiger partial charge is 0.206 e. The summed E-state index contributed by atoms with van der Waals surface area (Å²) in [4.78, 5) is 4.54. The zero-order chi connectivity index (χ0) is 16.0. The molecule has 0 spiro atoms. The van der Waals surface area contributed by atoms with Crippen molar-refractivity contribution in [3.05, 3.63) is 23.2 Å². The molecule has 1 aromatic heterocycles. The molecular weight excluding hydrogens is 306 g/mol. The van der Waals surface area contributed by atoms with Gasteiger partial charge in [-0.25, -0.2) is 4.98 Å². The van der Waals surface area contributed by atoms with Crippen molar-refractivity contribution in [2.24, 2.45) is 0 Å². The van der Waals surface area contributed by atoms with Crippen LogP contribution in [0.3, 0.4) is 0 Å². The predicted molar refractivity (Wildman–Crippen MR) is 85.1 cm³/mol. The maximum absolute atomic E-state index is 10.3. The normalized spacial score (nSPS) is 28.7. The Hall–Kier alpha value is -1.34. The van der Waals surface area contributed by atoms with E-state index < -0.39 is 24.5 Å². The van der Waals surface area contributed by atoms with Gasteiger partial charge in [-0.1, -0.05) is 11.6 Å². The van der Waals surface area contributed by atoms with Gasteiger partial charge in [-0.3, -0.25) is 4.57 Å². The third-order valence-corrected chi connectivity index (χ3v) is 4.04. The van der Waals surface area contributed by atoms with Gasteiger partial charge in [0.2, 0.25) is 5.95 Å². The maximum atomic E-state index is 10.3. The lowest BCUT2D eigenvalue weighted by Gasteiger charge is -2.21. The predicted octanol–water partition coefficient (Wildman–Crippen LogP) is 2.15. The molecular formula is C15H20ClN3O3. The standard InChI is InChI=1S/C15H20ClN3O3/c1-7(2)17-15-18-10-6-9(16)4-5-11(10)19(15)14-13(21)12(20)8(3)22-14/h4-8,12-14,20-21H,1-3H3,(H,17,18)/t8-,12-,13-,14-/m1/s1. The minimum atomic E-state index is -1.02. The molecule has 2 heterocycles. The van der Waals surface area contributed by atoms with E-state index in [1.165, 1.54) is 0 Å². The number of aliphatic hydroxyl groups excluding tert-OH is 2. The number of imidazole rings is 1. The van der Waals surface area contributed by atoms with Gasteiger partial charge in [0.15, 0.2) is 6.23 Å². The highest BCUT2D eigenvalue weighted by atomic mass is 35.5. The van der Waals surface area contributed by atoms with E-state index in [4.69, 9.17) is 16.3 Å².